The molecule has 0 aromatic carbocycles. The predicted molar refractivity (Wildman–Crippen MR) is 76.8 cm³/mol. The monoisotopic (exact) mass is 317 g/mol. The second-order valence-electron chi connectivity index (χ2n) is 4.33. The molecule has 0 aliphatic heterocycles. The number of aryl methyl sites for hydroxylation is 1. The Morgan fingerprint density at radius 1 is 1.32 bits per heavy atom. The van der Waals surface area contributed by atoms with E-state index in [1.807, 2.05) is 35.7 Å². The summed E-state index contributed by atoms with van der Waals surface area (Å²) in [6.45, 7) is 1.96. The number of hydrogen-bond acceptors (Lipinski definition) is 3. The van der Waals surface area contributed by atoms with Gasteiger partial charge in [0.05, 0.1) is 18.0 Å². The molecule has 0 radical (unpaired) electrons. The van der Waals surface area contributed by atoms with Crippen LogP contribution in [0.15, 0.2) is 41.3 Å². The summed E-state index contributed by atoms with van der Waals surface area (Å²) in [5.41, 5.74) is 4.47. The molecule has 4 nitrogen and oxygen atoms in total. The Labute approximate surface area is 118 Å². The van der Waals surface area contributed by atoms with Crippen molar-refractivity contribution in [3.63, 3.8) is 0 Å². The van der Waals surface area contributed by atoms with Crippen LogP contribution in [0, 0.1) is 6.92 Å². The standard InChI is InChI=1S/C14H12BrN3O/c1-9-6-13-17-14(10-2-4-16-5-3-10)12(8-19)18(13)7-11(9)15/h2-7,19H,8H2,1H3. The Kier molecular flexibility index (Phi) is 3.08. The van der Waals surface area contributed by atoms with Crippen molar-refractivity contribution in [2.75, 3.05) is 0 Å². The number of aliphatic hydroxyl groups excluding tert-OH is 1. The Morgan fingerprint density at radius 3 is 2.74 bits per heavy atom. The van der Waals surface area contributed by atoms with Crippen LogP contribution in [0.5, 0.6) is 0 Å². The number of aliphatic hydroxyl groups is 1. The number of fused-ring (bicyclic) bond motifs is 1. The lowest BCUT2D eigenvalue weighted by atomic mass is 10.1. The topological polar surface area (TPSA) is 50.4 Å². The van der Waals surface area contributed by atoms with Gasteiger partial charge in [-0.25, -0.2) is 4.98 Å². The van der Waals surface area contributed by atoms with Crippen LogP contribution < -0.4 is 0 Å². The molecule has 5 heteroatoms. The molecule has 3 heterocycles. The van der Waals surface area contributed by atoms with Gasteiger partial charge in [0.2, 0.25) is 0 Å². The number of pyridine rings is 2. The molecule has 0 atom stereocenters. The summed E-state index contributed by atoms with van der Waals surface area (Å²) in [6.07, 6.45) is 5.39. The van der Waals surface area contributed by atoms with E-state index in [1.54, 1.807) is 12.4 Å². The molecule has 3 rings (SSSR count). The van der Waals surface area contributed by atoms with Crippen LogP contribution in [0.4, 0.5) is 0 Å². The van der Waals surface area contributed by atoms with Crippen molar-refractivity contribution in [3.05, 3.63) is 52.5 Å². The van der Waals surface area contributed by atoms with Gasteiger partial charge in [0, 0.05) is 28.6 Å². The van der Waals surface area contributed by atoms with Crippen molar-refractivity contribution in [1.29, 1.82) is 0 Å². The highest BCUT2D eigenvalue weighted by atomic mass is 79.9. The fraction of sp³-hybridized carbons (Fsp3) is 0.143. The molecule has 0 spiro atoms. The lowest BCUT2D eigenvalue weighted by Gasteiger charge is -2.03. The summed E-state index contributed by atoms with van der Waals surface area (Å²) in [5.74, 6) is 0. The largest absolute Gasteiger partial charge is 0.390 e. The second kappa shape index (κ2) is 4.75. The van der Waals surface area contributed by atoms with Crippen molar-refractivity contribution < 1.29 is 5.11 Å². The van der Waals surface area contributed by atoms with Gasteiger partial charge in [-0.05, 0) is 46.6 Å². The zero-order valence-corrected chi connectivity index (χ0v) is 11.9. The molecule has 19 heavy (non-hydrogen) atoms. The number of imidazole rings is 1. The zero-order valence-electron chi connectivity index (χ0n) is 10.3. The summed E-state index contributed by atoms with van der Waals surface area (Å²) in [5, 5.41) is 9.64. The van der Waals surface area contributed by atoms with E-state index in [9.17, 15) is 5.11 Å². The Hall–Kier alpha value is -1.72. The zero-order chi connectivity index (χ0) is 13.4. The first-order valence-electron chi connectivity index (χ1n) is 5.89. The van der Waals surface area contributed by atoms with Crippen LogP contribution in [-0.4, -0.2) is 19.5 Å². The molecule has 0 unspecified atom stereocenters. The maximum absolute atomic E-state index is 9.64. The van der Waals surface area contributed by atoms with E-state index in [0.29, 0.717) is 0 Å². The molecule has 0 saturated heterocycles. The summed E-state index contributed by atoms with van der Waals surface area (Å²) in [7, 11) is 0. The maximum atomic E-state index is 9.64. The minimum absolute atomic E-state index is 0.0612. The van der Waals surface area contributed by atoms with Gasteiger partial charge in [-0.15, -0.1) is 0 Å². The molecule has 96 valence electrons. The van der Waals surface area contributed by atoms with E-state index in [0.717, 1.165) is 32.6 Å². The van der Waals surface area contributed by atoms with Crippen molar-refractivity contribution in [2.24, 2.45) is 0 Å². The predicted octanol–water partition coefficient (Wildman–Crippen LogP) is 2.96. The van der Waals surface area contributed by atoms with Gasteiger partial charge in [0.15, 0.2) is 0 Å². The van der Waals surface area contributed by atoms with E-state index in [4.69, 9.17) is 0 Å². The number of hydrogen-bond donors (Lipinski definition) is 1. The minimum Gasteiger partial charge on any atom is -0.390 e. The van der Waals surface area contributed by atoms with Crippen LogP contribution in [-0.2, 0) is 6.61 Å². The van der Waals surface area contributed by atoms with Crippen LogP contribution in [0.3, 0.4) is 0 Å². The molecule has 1 N–H and O–H groups in total. The van der Waals surface area contributed by atoms with Gasteiger partial charge in [-0.2, -0.15) is 0 Å². The van der Waals surface area contributed by atoms with Gasteiger partial charge < -0.3 is 5.11 Å². The third-order valence-electron chi connectivity index (χ3n) is 3.11. The summed E-state index contributed by atoms with van der Waals surface area (Å²) < 4.78 is 2.90. The summed E-state index contributed by atoms with van der Waals surface area (Å²) in [4.78, 5) is 8.61. The average Bonchev–Trinajstić information content (AvgIpc) is 2.78. The van der Waals surface area contributed by atoms with Gasteiger partial charge in [-0.3, -0.25) is 9.38 Å². The SMILES string of the molecule is Cc1cc2nc(-c3ccncc3)c(CO)n2cc1Br. The molecular formula is C14H12BrN3O. The molecule has 0 aliphatic rings. The molecule has 3 aromatic rings. The van der Waals surface area contributed by atoms with Gasteiger partial charge in [-0.1, -0.05) is 0 Å². The van der Waals surface area contributed by atoms with Crippen LogP contribution in [0.1, 0.15) is 11.3 Å². The molecule has 0 amide bonds. The molecule has 0 bridgehead atoms. The average molecular weight is 318 g/mol. The van der Waals surface area contributed by atoms with E-state index in [1.165, 1.54) is 0 Å². The Balaban J connectivity index is 2.31. The third kappa shape index (κ3) is 2.05. The smallest absolute Gasteiger partial charge is 0.138 e. The second-order valence-corrected chi connectivity index (χ2v) is 5.19. The third-order valence-corrected chi connectivity index (χ3v) is 3.94. The van der Waals surface area contributed by atoms with Gasteiger partial charge >= 0.3 is 0 Å². The van der Waals surface area contributed by atoms with Gasteiger partial charge in [0.1, 0.15) is 5.65 Å². The van der Waals surface area contributed by atoms with Crippen LogP contribution in [0.25, 0.3) is 16.9 Å². The normalized spacial score (nSPS) is 11.1. The van der Waals surface area contributed by atoms with E-state index < -0.39 is 0 Å². The van der Waals surface area contributed by atoms with Crippen LogP contribution in [0.2, 0.25) is 0 Å². The highest BCUT2D eigenvalue weighted by molar-refractivity contribution is 9.10. The molecule has 0 fully saturated rings. The first-order valence-corrected chi connectivity index (χ1v) is 6.68. The highest BCUT2D eigenvalue weighted by Crippen LogP contribution is 2.26. The van der Waals surface area contributed by atoms with Crippen molar-refractivity contribution in [1.82, 2.24) is 14.4 Å². The summed E-state index contributed by atoms with van der Waals surface area (Å²) in [6, 6.07) is 5.78. The number of rotatable bonds is 2. The van der Waals surface area contributed by atoms with E-state index in [2.05, 4.69) is 25.9 Å². The van der Waals surface area contributed by atoms with E-state index in [-0.39, 0.29) is 6.61 Å². The summed E-state index contributed by atoms with van der Waals surface area (Å²) >= 11 is 3.50. The highest BCUT2D eigenvalue weighted by Gasteiger charge is 2.14. The fourth-order valence-corrected chi connectivity index (χ4v) is 2.42. The van der Waals surface area contributed by atoms with Crippen molar-refractivity contribution >= 4 is 21.6 Å². The lowest BCUT2D eigenvalue weighted by molar-refractivity contribution is 0.276. The maximum Gasteiger partial charge on any atom is 0.138 e. The number of aromatic nitrogens is 3. The van der Waals surface area contributed by atoms with E-state index >= 15 is 0 Å². The first kappa shape index (κ1) is 12.3. The molecule has 3 aromatic heterocycles. The molecule has 0 aliphatic carbocycles. The Bertz CT molecular complexity index is 737. The minimum atomic E-state index is -0.0612. The Morgan fingerprint density at radius 2 is 2.05 bits per heavy atom. The van der Waals surface area contributed by atoms with Crippen molar-refractivity contribution in [2.45, 2.75) is 13.5 Å². The van der Waals surface area contributed by atoms with Crippen LogP contribution >= 0.6 is 15.9 Å². The number of halogens is 1. The molecule has 0 saturated carbocycles. The first-order chi connectivity index (χ1) is 9.20. The molecular weight excluding hydrogens is 306 g/mol. The van der Waals surface area contributed by atoms with Crippen molar-refractivity contribution in [3.8, 4) is 11.3 Å². The lowest BCUT2D eigenvalue weighted by Crippen LogP contribution is -1.95. The number of nitrogens with zero attached hydrogens (tertiary/aromatic N) is 3. The quantitative estimate of drug-likeness (QED) is 0.790. The van der Waals surface area contributed by atoms with Gasteiger partial charge in [0.25, 0.3) is 0 Å². The fourth-order valence-electron chi connectivity index (χ4n) is 2.10.